The fourth-order valence-electron chi connectivity index (χ4n) is 1.75. The van der Waals surface area contributed by atoms with Crippen LogP contribution in [-0.4, -0.2) is 30.3 Å². The zero-order valence-electron chi connectivity index (χ0n) is 10.7. The predicted octanol–water partition coefficient (Wildman–Crippen LogP) is 3.59. The first-order valence-electron chi connectivity index (χ1n) is 6.03. The fourth-order valence-corrected chi connectivity index (χ4v) is 2.11. The molecule has 0 radical (unpaired) electrons. The van der Waals surface area contributed by atoms with Gasteiger partial charge in [0.15, 0.2) is 5.78 Å². The number of benzene rings is 1. The Labute approximate surface area is 118 Å². The minimum atomic E-state index is 0.201. The summed E-state index contributed by atoms with van der Waals surface area (Å²) in [6, 6.07) is 8.23. The van der Waals surface area contributed by atoms with Crippen molar-refractivity contribution in [2.75, 3.05) is 13.6 Å². The van der Waals surface area contributed by atoms with E-state index >= 15 is 0 Å². The largest absolute Gasteiger partial charge is 0.296 e. The van der Waals surface area contributed by atoms with Crippen molar-refractivity contribution in [3.05, 3.63) is 33.4 Å². The van der Waals surface area contributed by atoms with Gasteiger partial charge in [-0.2, -0.15) is 0 Å². The Morgan fingerprint density at radius 1 is 1.35 bits per heavy atom. The third kappa shape index (κ3) is 4.76. The lowest BCUT2D eigenvalue weighted by Crippen LogP contribution is -2.33. The van der Waals surface area contributed by atoms with Gasteiger partial charge in [0.05, 0.1) is 6.54 Å². The Morgan fingerprint density at radius 2 is 1.94 bits per heavy atom. The van der Waals surface area contributed by atoms with Crippen LogP contribution in [0.15, 0.2) is 24.3 Å². The number of halogens is 1. The van der Waals surface area contributed by atoms with Crippen molar-refractivity contribution in [2.24, 2.45) is 0 Å². The highest BCUT2D eigenvalue weighted by molar-refractivity contribution is 14.1. The Morgan fingerprint density at radius 3 is 2.47 bits per heavy atom. The summed E-state index contributed by atoms with van der Waals surface area (Å²) < 4.78 is 1.16. The average molecular weight is 345 g/mol. The molecule has 0 amide bonds. The van der Waals surface area contributed by atoms with Gasteiger partial charge in [-0.3, -0.25) is 9.69 Å². The number of nitrogens with zero attached hydrogens (tertiary/aromatic N) is 1. The molecule has 0 bridgehead atoms. The highest BCUT2D eigenvalue weighted by atomic mass is 127. The second-order valence-electron chi connectivity index (χ2n) is 4.48. The normalized spacial score (nSPS) is 12.8. The molecule has 1 unspecified atom stereocenters. The second-order valence-corrected chi connectivity index (χ2v) is 5.73. The minimum Gasteiger partial charge on any atom is -0.296 e. The summed E-state index contributed by atoms with van der Waals surface area (Å²) in [7, 11) is 2.02. The average Bonchev–Trinajstić information content (AvgIpc) is 2.30. The van der Waals surface area contributed by atoms with Crippen LogP contribution in [0.4, 0.5) is 0 Å². The summed E-state index contributed by atoms with van der Waals surface area (Å²) in [5, 5.41) is 0. The molecular weight excluding hydrogens is 325 g/mol. The quantitative estimate of drug-likeness (QED) is 0.580. The maximum atomic E-state index is 12.0. The van der Waals surface area contributed by atoms with Crippen LogP contribution in [-0.2, 0) is 0 Å². The Balaban J connectivity index is 2.57. The van der Waals surface area contributed by atoms with E-state index in [-0.39, 0.29) is 5.78 Å². The summed E-state index contributed by atoms with van der Waals surface area (Å²) in [6.07, 6.45) is 2.29. The molecular formula is C14H20INO. The monoisotopic (exact) mass is 345 g/mol. The lowest BCUT2D eigenvalue weighted by atomic mass is 10.1. The summed E-state index contributed by atoms with van der Waals surface area (Å²) >= 11 is 2.25. The van der Waals surface area contributed by atoms with Crippen LogP contribution in [0, 0.1) is 3.57 Å². The summed E-state index contributed by atoms with van der Waals surface area (Å²) in [4.78, 5) is 14.2. The van der Waals surface area contributed by atoms with Crippen LogP contribution in [0.2, 0.25) is 0 Å². The van der Waals surface area contributed by atoms with Crippen LogP contribution >= 0.6 is 22.6 Å². The summed E-state index contributed by atoms with van der Waals surface area (Å²) in [6.45, 7) is 4.85. The molecule has 1 aromatic carbocycles. The molecule has 17 heavy (non-hydrogen) atoms. The molecule has 0 aliphatic carbocycles. The molecule has 3 heteroatoms. The fraction of sp³-hybridized carbons (Fsp3) is 0.500. The first kappa shape index (κ1) is 14.6. The van der Waals surface area contributed by atoms with E-state index in [1.807, 2.05) is 31.3 Å². The van der Waals surface area contributed by atoms with E-state index in [0.717, 1.165) is 22.0 Å². The molecule has 1 rings (SSSR count). The lowest BCUT2D eigenvalue weighted by Gasteiger charge is -2.23. The Kier molecular flexibility index (Phi) is 6.12. The van der Waals surface area contributed by atoms with E-state index in [4.69, 9.17) is 0 Å². The van der Waals surface area contributed by atoms with Gasteiger partial charge >= 0.3 is 0 Å². The summed E-state index contributed by atoms with van der Waals surface area (Å²) in [5.41, 5.74) is 0.806. The van der Waals surface area contributed by atoms with Crippen molar-refractivity contribution >= 4 is 28.4 Å². The van der Waals surface area contributed by atoms with Gasteiger partial charge in [0.1, 0.15) is 0 Å². The Hall–Kier alpha value is -0.420. The molecule has 0 saturated carbocycles. The molecule has 0 N–H and O–H groups in total. The topological polar surface area (TPSA) is 20.3 Å². The third-order valence-electron chi connectivity index (χ3n) is 3.02. The number of carbonyl (C=O) groups is 1. The second kappa shape index (κ2) is 7.11. The number of ketones is 1. The highest BCUT2D eigenvalue weighted by Gasteiger charge is 2.13. The van der Waals surface area contributed by atoms with Gasteiger partial charge < -0.3 is 0 Å². The van der Waals surface area contributed by atoms with Crippen molar-refractivity contribution in [2.45, 2.75) is 32.7 Å². The van der Waals surface area contributed by atoms with Crippen molar-refractivity contribution in [3.8, 4) is 0 Å². The molecule has 0 aliphatic rings. The highest BCUT2D eigenvalue weighted by Crippen LogP contribution is 2.09. The Bertz CT molecular complexity index is 361. The van der Waals surface area contributed by atoms with E-state index < -0.39 is 0 Å². The molecule has 0 heterocycles. The molecule has 0 spiro atoms. The van der Waals surface area contributed by atoms with Crippen LogP contribution in [0.5, 0.6) is 0 Å². The SMILES string of the molecule is CCCC(C)N(C)CC(=O)c1ccc(I)cc1. The molecule has 0 aliphatic heterocycles. The smallest absolute Gasteiger partial charge is 0.176 e. The van der Waals surface area contributed by atoms with Crippen molar-refractivity contribution in [3.63, 3.8) is 0 Å². The van der Waals surface area contributed by atoms with Crippen LogP contribution in [0.3, 0.4) is 0 Å². The van der Waals surface area contributed by atoms with E-state index in [2.05, 4.69) is 41.3 Å². The van der Waals surface area contributed by atoms with E-state index in [1.165, 1.54) is 0 Å². The van der Waals surface area contributed by atoms with Gasteiger partial charge in [-0.05, 0) is 55.1 Å². The molecule has 1 aromatic rings. The van der Waals surface area contributed by atoms with Gasteiger partial charge in [0.2, 0.25) is 0 Å². The summed E-state index contributed by atoms with van der Waals surface area (Å²) in [5.74, 6) is 0.201. The first-order chi connectivity index (χ1) is 8.04. The molecule has 0 fully saturated rings. The standard InChI is InChI=1S/C14H20INO/c1-4-5-11(2)16(3)10-14(17)12-6-8-13(15)9-7-12/h6-9,11H,4-5,10H2,1-3H3. The van der Waals surface area contributed by atoms with Crippen LogP contribution < -0.4 is 0 Å². The zero-order chi connectivity index (χ0) is 12.8. The van der Waals surface area contributed by atoms with E-state index in [9.17, 15) is 4.79 Å². The van der Waals surface area contributed by atoms with Gasteiger partial charge in [-0.25, -0.2) is 0 Å². The lowest BCUT2D eigenvalue weighted by molar-refractivity contribution is 0.0921. The number of hydrogen-bond donors (Lipinski definition) is 0. The number of carbonyl (C=O) groups excluding carboxylic acids is 1. The third-order valence-corrected chi connectivity index (χ3v) is 3.74. The van der Waals surface area contributed by atoms with Crippen LogP contribution in [0.1, 0.15) is 37.0 Å². The van der Waals surface area contributed by atoms with Gasteiger partial charge in [0, 0.05) is 15.2 Å². The van der Waals surface area contributed by atoms with Gasteiger partial charge in [0.25, 0.3) is 0 Å². The number of Topliss-reactive ketones (excluding diaryl/α,β-unsaturated/α-hetero) is 1. The van der Waals surface area contributed by atoms with Crippen molar-refractivity contribution in [1.29, 1.82) is 0 Å². The molecule has 0 saturated heterocycles. The first-order valence-corrected chi connectivity index (χ1v) is 7.11. The maximum absolute atomic E-state index is 12.0. The van der Waals surface area contributed by atoms with E-state index in [1.54, 1.807) is 0 Å². The predicted molar refractivity (Wildman–Crippen MR) is 80.5 cm³/mol. The van der Waals surface area contributed by atoms with Gasteiger partial charge in [-0.1, -0.05) is 25.5 Å². The molecule has 94 valence electrons. The van der Waals surface area contributed by atoms with Crippen LogP contribution in [0.25, 0.3) is 0 Å². The number of hydrogen-bond acceptors (Lipinski definition) is 2. The number of likely N-dealkylation sites (N-methyl/N-ethyl adjacent to an activating group) is 1. The van der Waals surface area contributed by atoms with Crippen molar-refractivity contribution in [1.82, 2.24) is 4.90 Å². The molecule has 2 nitrogen and oxygen atoms in total. The number of rotatable bonds is 6. The zero-order valence-corrected chi connectivity index (χ0v) is 12.9. The molecule has 0 aromatic heterocycles. The van der Waals surface area contributed by atoms with Gasteiger partial charge in [-0.15, -0.1) is 0 Å². The molecule has 1 atom stereocenters. The minimum absolute atomic E-state index is 0.201. The van der Waals surface area contributed by atoms with Crippen molar-refractivity contribution < 1.29 is 4.79 Å². The maximum Gasteiger partial charge on any atom is 0.176 e. The van der Waals surface area contributed by atoms with E-state index in [0.29, 0.717) is 12.6 Å².